The van der Waals surface area contributed by atoms with Gasteiger partial charge in [0.1, 0.15) is 11.4 Å². The van der Waals surface area contributed by atoms with E-state index in [2.05, 4.69) is 10.3 Å². The molecule has 1 saturated heterocycles. The second-order valence-electron chi connectivity index (χ2n) is 5.45. The molecule has 126 valence electrons. The first-order chi connectivity index (χ1) is 11.7. The lowest BCUT2D eigenvalue weighted by Gasteiger charge is -2.28. The summed E-state index contributed by atoms with van der Waals surface area (Å²) in [6.07, 6.45) is 5.26. The van der Waals surface area contributed by atoms with Crippen molar-refractivity contribution >= 4 is 23.6 Å². The molecule has 24 heavy (non-hydrogen) atoms. The van der Waals surface area contributed by atoms with Gasteiger partial charge in [0.15, 0.2) is 0 Å². The lowest BCUT2D eigenvalue weighted by atomic mass is 10.2. The summed E-state index contributed by atoms with van der Waals surface area (Å²) in [6.45, 7) is 2.16. The van der Waals surface area contributed by atoms with E-state index < -0.39 is 6.04 Å². The molecule has 7 heteroatoms. The Balaban J connectivity index is 1.71. The third-order valence-electron chi connectivity index (χ3n) is 3.89. The highest BCUT2D eigenvalue weighted by molar-refractivity contribution is 7.99. The monoisotopic (exact) mass is 345 g/mol. The van der Waals surface area contributed by atoms with Crippen LogP contribution in [0.5, 0.6) is 0 Å². The topological polar surface area (TPSA) is 75.4 Å². The zero-order chi connectivity index (χ0) is 16.9. The second kappa shape index (κ2) is 7.53. The van der Waals surface area contributed by atoms with Crippen molar-refractivity contribution in [3.05, 3.63) is 54.2 Å². The van der Waals surface area contributed by atoms with Gasteiger partial charge in [0.25, 0.3) is 0 Å². The lowest BCUT2D eigenvalue weighted by molar-refractivity contribution is -0.139. The van der Waals surface area contributed by atoms with Crippen molar-refractivity contribution in [2.75, 3.05) is 5.75 Å². The highest BCUT2D eigenvalue weighted by atomic mass is 32.2. The number of thioether (sulfide) groups is 1. The number of pyridine rings is 1. The predicted molar refractivity (Wildman–Crippen MR) is 90.9 cm³/mol. The Bertz CT molecular complexity index is 690. The van der Waals surface area contributed by atoms with Gasteiger partial charge in [0, 0.05) is 23.9 Å². The lowest BCUT2D eigenvalue weighted by Crippen LogP contribution is -2.47. The molecule has 2 amide bonds. The van der Waals surface area contributed by atoms with Crippen molar-refractivity contribution in [2.24, 2.45) is 0 Å². The summed E-state index contributed by atoms with van der Waals surface area (Å²) >= 11 is 1.58. The summed E-state index contributed by atoms with van der Waals surface area (Å²) in [6, 6.07) is 6.91. The maximum Gasteiger partial charge on any atom is 0.244 e. The molecule has 1 fully saturated rings. The number of rotatable bonds is 5. The molecule has 3 heterocycles. The van der Waals surface area contributed by atoms with Crippen molar-refractivity contribution in [1.29, 1.82) is 0 Å². The second-order valence-corrected chi connectivity index (χ2v) is 6.56. The molecule has 0 aliphatic carbocycles. The van der Waals surface area contributed by atoms with E-state index in [0.717, 1.165) is 11.3 Å². The number of aromatic nitrogens is 1. The van der Waals surface area contributed by atoms with Crippen molar-refractivity contribution < 1.29 is 14.0 Å². The molecule has 0 saturated carbocycles. The molecule has 2 aromatic heterocycles. The van der Waals surface area contributed by atoms with E-state index >= 15 is 0 Å². The highest BCUT2D eigenvalue weighted by Gasteiger charge is 2.41. The minimum atomic E-state index is -0.480. The number of nitrogens with one attached hydrogen (secondary N) is 1. The van der Waals surface area contributed by atoms with Gasteiger partial charge in [0.05, 0.1) is 24.8 Å². The predicted octanol–water partition coefficient (Wildman–Crippen LogP) is 2.34. The van der Waals surface area contributed by atoms with Crippen molar-refractivity contribution in [2.45, 2.75) is 31.3 Å². The number of carbonyl (C=O) groups excluding carboxylic acids is 2. The molecule has 1 aliphatic rings. The SMILES string of the molecule is CCC(=O)N1C(C(=O)NCc2ccccn2)CSC1c1ccoc1. The largest absolute Gasteiger partial charge is 0.472 e. The van der Waals surface area contributed by atoms with Gasteiger partial charge in [-0.3, -0.25) is 14.6 Å². The van der Waals surface area contributed by atoms with E-state index in [0.29, 0.717) is 18.7 Å². The molecule has 0 aromatic carbocycles. The fraction of sp³-hybridized carbons (Fsp3) is 0.353. The van der Waals surface area contributed by atoms with Crippen LogP contribution in [0.2, 0.25) is 0 Å². The van der Waals surface area contributed by atoms with Crippen LogP contribution in [-0.2, 0) is 16.1 Å². The molecular formula is C17H19N3O3S. The normalized spacial score (nSPS) is 20.1. The molecule has 2 unspecified atom stereocenters. The molecule has 0 bridgehead atoms. The Morgan fingerprint density at radius 1 is 1.42 bits per heavy atom. The van der Waals surface area contributed by atoms with Gasteiger partial charge in [-0.05, 0) is 18.2 Å². The first kappa shape index (κ1) is 16.6. The summed E-state index contributed by atoms with van der Waals surface area (Å²) in [4.78, 5) is 30.9. The molecule has 2 aromatic rings. The van der Waals surface area contributed by atoms with Gasteiger partial charge in [-0.25, -0.2) is 0 Å². The minimum Gasteiger partial charge on any atom is -0.472 e. The highest BCUT2D eigenvalue weighted by Crippen LogP contribution is 2.41. The molecule has 1 N–H and O–H groups in total. The summed E-state index contributed by atoms with van der Waals surface area (Å²) in [7, 11) is 0. The van der Waals surface area contributed by atoms with Crippen LogP contribution in [0.25, 0.3) is 0 Å². The summed E-state index contributed by atoms with van der Waals surface area (Å²) in [5.41, 5.74) is 1.69. The van der Waals surface area contributed by atoms with E-state index in [1.54, 1.807) is 42.3 Å². The number of hydrogen-bond donors (Lipinski definition) is 1. The van der Waals surface area contributed by atoms with Crippen molar-refractivity contribution in [3.8, 4) is 0 Å². The zero-order valence-electron chi connectivity index (χ0n) is 13.3. The molecule has 0 radical (unpaired) electrons. The van der Waals surface area contributed by atoms with Crippen molar-refractivity contribution in [3.63, 3.8) is 0 Å². The molecule has 1 aliphatic heterocycles. The Morgan fingerprint density at radius 3 is 2.96 bits per heavy atom. The smallest absolute Gasteiger partial charge is 0.244 e. The Kier molecular flexibility index (Phi) is 5.20. The van der Waals surface area contributed by atoms with E-state index in [1.165, 1.54) is 0 Å². The van der Waals surface area contributed by atoms with Gasteiger partial charge >= 0.3 is 0 Å². The first-order valence-electron chi connectivity index (χ1n) is 7.83. The molecule has 6 nitrogen and oxygen atoms in total. The number of furan rings is 1. The fourth-order valence-corrected chi connectivity index (χ4v) is 4.09. The van der Waals surface area contributed by atoms with Crippen LogP contribution in [0.1, 0.15) is 30.0 Å². The fourth-order valence-electron chi connectivity index (χ4n) is 2.67. The first-order valence-corrected chi connectivity index (χ1v) is 8.88. The zero-order valence-corrected chi connectivity index (χ0v) is 14.2. The minimum absolute atomic E-state index is 0.0378. The number of nitrogens with zero attached hydrogens (tertiary/aromatic N) is 2. The standard InChI is InChI=1S/C17H19N3O3S/c1-2-15(21)20-14(11-24-17(20)12-6-8-23-10-12)16(22)19-9-13-5-3-4-7-18-13/h3-8,10,14,17H,2,9,11H2,1H3,(H,19,22). The third kappa shape index (κ3) is 3.46. The maximum absolute atomic E-state index is 12.6. The van der Waals surface area contributed by atoms with Crippen molar-refractivity contribution in [1.82, 2.24) is 15.2 Å². The van der Waals surface area contributed by atoms with Gasteiger partial charge in [-0.2, -0.15) is 0 Å². The Labute approximate surface area is 144 Å². The molecule has 0 spiro atoms. The van der Waals surface area contributed by atoms with Crippen LogP contribution in [0.15, 0.2) is 47.4 Å². The Hall–Kier alpha value is -2.28. The summed E-state index contributed by atoms with van der Waals surface area (Å²) < 4.78 is 5.13. The van der Waals surface area contributed by atoms with E-state index in [-0.39, 0.29) is 17.2 Å². The Morgan fingerprint density at radius 2 is 2.29 bits per heavy atom. The van der Waals surface area contributed by atoms with Crippen LogP contribution in [0.4, 0.5) is 0 Å². The molecule has 3 rings (SSSR count). The van der Waals surface area contributed by atoms with Gasteiger partial charge in [-0.15, -0.1) is 11.8 Å². The van der Waals surface area contributed by atoms with E-state index in [9.17, 15) is 9.59 Å². The van der Waals surface area contributed by atoms with Gasteiger partial charge < -0.3 is 14.6 Å². The number of carbonyl (C=O) groups is 2. The third-order valence-corrected chi connectivity index (χ3v) is 5.21. The van der Waals surface area contributed by atoms with Crippen LogP contribution in [-0.4, -0.2) is 33.5 Å². The summed E-state index contributed by atoms with van der Waals surface area (Å²) in [5.74, 6) is 0.375. The van der Waals surface area contributed by atoms with E-state index in [4.69, 9.17) is 4.42 Å². The van der Waals surface area contributed by atoms with Crippen LogP contribution in [0.3, 0.4) is 0 Å². The quantitative estimate of drug-likeness (QED) is 0.900. The maximum atomic E-state index is 12.6. The number of hydrogen-bond acceptors (Lipinski definition) is 5. The van der Waals surface area contributed by atoms with Gasteiger partial charge in [0.2, 0.25) is 11.8 Å². The average molecular weight is 345 g/mol. The van der Waals surface area contributed by atoms with Crippen LogP contribution < -0.4 is 5.32 Å². The van der Waals surface area contributed by atoms with Crippen LogP contribution >= 0.6 is 11.8 Å². The van der Waals surface area contributed by atoms with Gasteiger partial charge in [-0.1, -0.05) is 13.0 Å². The van der Waals surface area contributed by atoms with Crippen LogP contribution in [0, 0.1) is 0 Å². The molecular weight excluding hydrogens is 326 g/mol. The molecule has 2 atom stereocenters. The average Bonchev–Trinajstić information content (AvgIpc) is 3.28. The summed E-state index contributed by atoms with van der Waals surface area (Å²) in [5, 5.41) is 2.70. The van der Waals surface area contributed by atoms with E-state index in [1.807, 2.05) is 24.3 Å². The number of amides is 2.